The SMILES string of the molecule is CCNc1nc(N(CC#N)CC#N)nc(-n2cncn2)n1. The molecule has 0 saturated heterocycles. The van der Waals surface area contributed by atoms with Crippen LogP contribution in [0.25, 0.3) is 5.95 Å². The molecule has 0 radical (unpaired) electrons. The van der Waals surface area contributed by atoms with E-state index in [1.807, 2.05) is 19.1 Å². The molecule has 0 fully saturated rings. The normalized spacial score (nSPS) is 9.67. The highest BCUT2D eigenvalue weighted by atomic mass is 15.4. The molecule has 10 heteroatoms. The van der Waals surface area contributed by atoms with Crippen molar-refractivity contribution in [1.82, 2.24) is 29.7 Å². The van der Waals surface area contributed by atoms with E-state index >= 15 is 0 Å². The highest BCUT2D eigenvalue weighted by Gasteiger charge is 2.14. The Morgan fingerprint density at radius 1 is 1.24 bits per heavy atom. The molecule has 0 aromatic carbocycles. The highest BCUT2D eigenvalue weighted by molar-refractivity contribution is 5.41. The van der Waals surface area contributed by atoms with Gasteiger partial charge >= 0.3 is 0 Å². The van der Waals surface area contributed by atoms with Crippen molar-refractivity contribution in [2.24, 2.45) is 0 Å². The third-order valence-electron chi connectivity index (χ3n) is 2.38. The second-order valence-electron chi connectivity index (χ2n) is 3.80. The van der Waals surface area contributed by atoms with E-state index < -0.39 is 0 Å². The van der Waals surface area contributed by atoms with Gasteiger partial charge in [0.1, 0.15) is 25.7 Å². The van der Waals surface area contributed by atoms with Crippen LogP contribution in [-0.2, 0) is 0 Å². The molecule has 2 aromatic heterocycles. The summed E-state index contributed by atoms with van der Waals surface area (Å²) >= 11 is 0. The molecule has 0 atom stereocenters. The van der Waals surface area contributed by atoms with E-state index in [4.69, 9.17) is 10.5 Å². The van der Waals surface area contributed by atoms with Crippen molar-refractivity contribution in [3.63, 3.8) is 0 Å². The fraction of sp³-hybridized carbons (Fsp3) is 0.364. The van der Waals surface area contributed by atoms with Gasteiger partial charge in [-0.1, -0.05) is 0 Å². The third-order valence-corrected chi connectivity index (χ3v) is 2.38. The van der Waals surface area contributed by atoms with Crippen LogP contribution in [0.5, 0.6) is 0 Å². The molecule has 0 bridgehead atoms. The zero-order chi connectivity index (χ0) is 15.1. The summed E-state index contributed by atoms with van der Waals surface area (Å²) in [6.07, 6.45) is 2.81. The van der Waals surface area contributed by atoms with Crippen molar-refractivity contribution < 1.29 is 0 Å². The minimum Gasteiger partial charge on any atom is -0.354 e. The van der Waals surface area contributed by atoms with Gasteiger partial charge in [0.2, 0.25) is 11.9 Å². The molecule has 0 aliphatic rings. The van der Waals surface area contributed by atoms with Crippen LogP contribution in [0.3, 0.4) is 0 Å². The second-order valence-corrected chi connectivity index (χ2v) is 3.80. The second kappa shape index (κ2) is 6.77. The van der Waals surface area contributed by atoms with Gasteiger partial charge in [-0.25, -0.2) is 4.98 Å². The predicted molar refractivity (Wildman–Crippen MR) is 72.3 cm³/mol. The highest BCUT2D eigenvalue weighted by Crippen LogP contribution is 2.12. The quantitative estimate of drug-likeness (QED) is 0.712. The Bertz CT molecular complexity index is 649. The monoisotopic (exact) mass is 284 g/mol. The lowest BCUT2D eigenvalue weighted by molar-refractivity contribution is 0.778. The van der Waals surface area contributed by atoms with Crippen LogP contribution in [0.1, 0.15) is 6.92 Å². The number of hydrogen-bond acceptors (Lipinski definition) is 9. The summed E-state index contributed by atoms with van der Waals surface area (Å²) in [5, 5.41) is 24.6. The molecule has 0 aliphatic heterocycles. The molecule has 106 valence electrons. The van der Waals surface area contributed by atoms with Crippen molar-refractivity contribution in [2.45, 2.75) is 6.92 Å². The predicted octanol–water partition coefficient (Wildman–Crippen LogP) is -0.262. The van der Waals surface area contributed by atoms with Crippen molar-refractivity contribution in [3.05, 3.63) is 12.7 Å². The lowest BCUT2D eigenvalue weighted by Gasteiger charge is -2.16. The summed E-state index contributed by atoms with van der Waals surface area (Å²) in [5.41, 5.74) is 0. The summed E-state index contributed by atoms with van der Waals surface area (Å²) in [6, 6.07) is 3.95. The maximum absolute atomic E-state index is 8.84. The Hall–Kier alpha value is -3.27. The van der Waals surface area contributed by atoms with Crippen LogP contribution in [0.4, 0.5) is 11.9 Å². The summed E-state index contributed by atoms with van der Waals surface area (Å²) < 4.78 is 1.38. The molecule has 0 saturated carbocycles. The smallest absolute Gasteiger partial charge is 0.258 e. The first-order valence-electron chi connectivity index (χ1n) is 6.12. The minimum atomic E-state index is -0.0000640. The largest absolute Gasteiger partial charge is 0.354 e. The van der Waals surface area contributed by atoms with E-state index in [0.29, 0.717) is 12.5 Å². The van der Waals surface area contributed by atoms with E-state index in [2.05, 4.69) is 30.4 Å². The maximum atomic E-state index is 8.84. The summed E-state index contributed by atoms with van der Waals surface area (Å²) in [6.45, 7) is 2.53. The molecular weight excluding hydrogens is 272 g/mol. The van der Waals surface area contributed by atoms with Crippen LogP contribution in [0, 0.1) is 22.7 Å². The average Bonchev–Trinajstić information content (AvgIpc) is 3.01. The first kappa shape index (κ1) is 14.1. The average molecular weight is 284 g/mol. The number of nitrogens with zero attached hydrogens (tertiary/aromatic N) is 9. The number of hydrogen-bond donors (Lipinski definition) is 1. The lowest BCUT2D eigenvalue weighted by atomic mass is 10.5. The zero-order valence-electron chi connectivity index (χ0n) is 11.3. The first-order valence-corrected chi connectivity index (χ1v) is 6.12. The zero-order valence-corrected chi connectivity index (χ0v) is 11.3. The fourth-order valence-corrected chi connectivity index (χ4v) is 1.51. The van der Waals surface area contributed by atoms with Gasteiger partial charge in [0.15, 0.2) is 0 Å². The summed E-state index contributed by atoms with van der Waals surface area (Å²) in [4.78, 5) is 17.9. The number of nitrogens with one attached hydrogen (secondary N) is 1. The van der Waals surface area contributed by atoms with Crippen LogP contribution < -0.4 is 10.2 Å². The van der Waals surface area contributed by atoms with Crippen molar-refractivity contribution in [3.8, 4) is 18.1 Å². The molecule has 2 aromatic rings. The van der Waals surface area contributed by atoms with Crippen molar-refractivity contribution in [2.75, 3.05) is 29.9 Å². The van der Waals surface area contributed by atoms with E-state index in [9.17, 15) is 0 Å². The Labute approximate surface area is 120 Å². The van der Waals surface area contributed by atoms with E-state index in [-0.39, 0.29) is 25.0 Å². The van der Waals surface area contributed by atoms with Crippen LogP contribution in [-0.4, -0.2) is 49.4 Å². The molecule has 2 rings (SSSR count). The number of aromatic nitrogens is 6. The molecule has 0 amide bonds. The number of rotatable bonds is 6. The third kappa shape index (κ3) is 3.39. The van der Waals surface area contributed by atoms with Gasteiger partial charge in [0.25, 0.3) is 5.95 Å². The molecule has 0 aliphatic carbocycles. The number of nitriles is 2. The minimum absolute atomic E-state index is 0.0000640. The Morgan fingerprint density at radius 3 is 2.57 bits per heavy atom. The van der Waals surface area contributed by atoms with Gasteiger partial charge in [0, 0.05) is 6.54 Å². The van der Waals surface area contributed by atoms with Gasteiger partial charge in [-0.3, -0.25) is 0 Å². The maximum Gasteiger partial charge on any atom is 0.258 e. The lowest BCUT2D eigenvalue weighted by Crippen LogP contribution is -2.27. The van der Waals surface area contributed by atoms with Crippen LogP contribution >= 0.6 is 0 Å². The first-order chi connectivity index (χ1) is 10.3. The van der Waals surface area contributed by atoms with Gasteiger partial charge < -0.3 is 10.2 Å². The fourth-order valence-electron chi connectivity index (χ4n) is 1.51. The van der Waals surface area contributed by atoms with Gasteiger partial charge in [-0.05, 0) is 6.92 Å². The van der Waals surface area contributed by atoms with Gasteiger partial charge in [-0.2, -0.15) is 35.3 Å². The van der Waals surface area contributed by atoms with Crippen LogP contribution in [0.15, 0.2) is 12.7 Å². The molecule has 2 heterocycles. The van der Waals surface area contributed by atoms with E-state index in [1.165, 1.54) is 22.2 Å². The molecular formula is C11H12N10. The van der Waals surface area contributed by atoms with Crippen molar-refractivity contribution in [1.29, 1.82) is 10.5 Å². The van der Waals surface area contributed by atoms with E-state index in [1.54, 1.807) is 0 Å². The number of anilines is 2. The summed E-state index contributed by atoms with van der Waals surface area (Å²) in [5.74, 6) is 0.831. The molecule has 21 heavy (non-hydrogen) atoms. The standard InChI is InChI=1S/C11H12N10/c1-2-15-9-17-10(20(5-3-12)6-4-13)19-11(18-9)21-8-14-7-16-21/h7-8H,2,5-6H2,1H3,(H,15,17,18,19). The molecule has 0 spiro atoms. The molecule has 0 unspecified atom stereocenters. The molecule has 10 nitrogen and oxygen atoms in total. The Kier molecular flexibility index (Phi) is 4.56. The van der Waals surface area contributed by atoms with Crippen LogP contribution in [0.2, 0.25) is 0 Å². The van der Waals surface area contributed by atoms with Gasteiger partial charge in [0.05, 0.1) is 12.1 Å². The Morgan fingerprint density at radius 2 is 2.00 bits per heavy atom. The van der Waals surface area contributed by atoms with Crippen molar-refractivity contribution >= 4 is 11.9 Å². The van der Waals surface area contributed by atoms with Gasteiger partial charge in [-0.15, -0.1) is 0 Å². The topological polar surface area (TPSA) is 132 Å². The Balaban J connectivity index is 2.44. The summed E-state index contributed by atoms with van der Waals surface area (Å²) in [7, 11) is 0. The molecule has 1 N–H and O–H groups in total. The van der Waals surface area contributed by atoms with E-state index in [0.717, 1.165) is 0 Å².